The Morgan fingerprint density at radius 2 is 1.74 bits per heavy atom. The Labute approximate surface area is 190 Å². The second-order valence-electron chi connectivity index (χ2n) is 6.74. The summed E-state index contributed by atoms with van der Waals surface area (Å²) in [5, 5.41) is 1.06. The molecule has 0 saturated heterocycles. The fourth-order valence-electron chi connectivity index (χ4n) is 2.91. The predicted molar refractivity (Wildman–Crippen MR) is 126 cm³/mol. The molecule has 7 nitrogen and oxygen atoms in total. The van der Waals surface area contributed by atoms with Gasteiger partial charge in [0.1, 0.15) is 5.82 Å². The van der Waals surface area contributed by atoms with Gasteiger partial charge in [-0.25, -0.2) is 18.4 Å². The van der Waals surface area contributed by atoms with Crippen molar-refractivity contribution in [3.63, 3.8) is 0 Å². The number of hydrogen-bond donors (Lipinski definition) is 2. The van der Waals surface area contributed by atoms with E-state index in [4.69, 9.17) is 17.3 Å². The Kier molecular flexibility index (Phi) is 7.19. The van der Waals surface area contributed by atoms with Gasteiger partial charge >= 0.3 is 0 Å². The maximum Gasteiger partial charge on any atom is 0.229 e. The molecule has 1 heterocycles. The van der Waals surface area contributed by atoms with Crippen molar-refractivity contribution in [1.82, 2.24) is 9.97 Å². The van der Waals surface area contributed by atoms with E-state index in [1.165, 1.54) is 11.8 Å². The molecule has 162 valence electrons. The number of nitrogens with zero attached hydrogens (tertiary/aromatic N) is 2. The monoisotopic (exact) mass is 476 g/mol. The number of thioether (sulfide) groups is 1. The molecule has 31 heavy (non-hydrogen) atoms. The number of rotatable bonds is 8. The summed E-state index contributed by atoms with van der Waals surface area (Å²) >= 11 is 7.17. The Balaban J connectivity index is 1.73. The Hall–Kier alpha value is -2.62. The summed E-state index contributed by atoms with van der Waals surface area (Å²) in [6, 6.07) is 13.6. The van der Waals surface area contributed by atoms with E-state index < -0.39 is 10.0 Å². The van der Waals surface area contributed by atoms with Crippen LogP contribution in [0.15, 0.2) is 53.7 Å². The third-order valence-corrected chi connectivity index (χ3v) is 6.01. The van der Waals surface area contributed by atoms with Crippen molar-refractivity contribution in [3.8, 4) is 11.1 Å². The smallest absolute Gasteiger partial charge is 0.229 e. The number of carbonyl (C=O) groups excluding carboxylic acids is 1. The summed E-state index contributed by atoms with van der Waals surface area (Å²) in [5.74, 6) is 0.347. The molecule has 3 aromatic rings. The fourth-order valence-corrected chi connectivity index (χ4v) is 4.36. The first-order chi connectivity index (χ1) is 14.7. The molecule has 0 aliphatic carbocycles. The minimum atomic E-state index is -3.37. The molecule has 2 aromatic carbocycles. The lowest BCUT2D eigenvalue weighted by molar-refractivity contribution is 0.102. The van der Waals surface area contributed by atoms with Crippen molar-refractivity contribution >= 4 is 50.7 Å². The number of benzene rings is 2. The zero-order valence-electron chi connectivity index (χ0n) is 16.9. The van der Waals surface area contributed by atoms with E-state index in [1.54, 1.807) is 36.4 Å². The summed E-state index contributed by atoms with van der Waals surface area (Å²) in [4.78, 5) is 21.5. The van der Waals surface area contributed by atoms with Crippen LogP contribution in [0.2, 0.25) is 5.02 Å². The zero-order valence-corrected chi connectivity index (χ0v) is 19.3. The number of anilines is 2. The molecule has 0 aliphatic heterocycles. The number of Topliss-reactive ketones (excluding diaryl/α,β-unsaturated/α-hetero) is 1. The number of nitrogen functional groups attached to an aromatic ring is 1. The zero-order chi connectivity index (χ0) is 22.6. The van der Waals surface area contributed by atoms with Crippen LogP contribution >= 0.6 is 23.4 Å². The van der Waals surface area contributed by atoms with Gasteiger partial charge in [0.15, 0.2) is 10.9 Å². The number of halogens is 1. The lowest BCUT2D eigenvalue weighted by Gasteiger charge is -2.12. The third kappa shape index (κ3) is 6.19. The van der Waals surface area contributed by atoms with Crippen molar-refractivity contribution in [1.29, 1.82) is 0 Å². The predicted octanol–water partition coefficient (Wildman–Crippen LogP) is 4.29. The first kappa shape index (κ1) is 23.1. The van der Waals surface area contributed by atoms with E-state index in [2.05, 4.69) is 14.7 Å². The summed E-state index contributed by atoms with van der Waals surface area (Å²) in [7, 11) is -3.37. The van der Waals surface area contributed by atoms with Crippen LogP contribution in [0.4, 0.5) is 11.5 Å². The molecular formula is C21H21ClN4O3S2. The van der Waals surface area contributed by atoms with Gasteiger partial charge in [-0.15, -0.1) is 0 Å². The molecule has 0 aliphatic rings. The van der Waals surface area contributed by atoms with Crippen LogP contribution in [0, 0.1) is 0 Å². The normalized spacial score (nSPS) is 11.3. The van der Waals surface area contributed by atoms with Gasteiger partial charge in [0.2, 0.25) is 10.0 Å². The molecule has 0 fully saturated rings. The molecule has 0 radical (unpaired) electrons. The number of hydrogen-bond acceptors (Lipinski definition) is 7. The van der Waals surface area contributed by atoms with E-state index in [0.717, 1.165) is 23.1 Å². The fraction of sp³-hybridized carbons (Fsp3) is 0.190. The van der Waals surface area contributed by atoms with Gasteiger partial charge in [0, 0.05) is 21.8 Å². The number of sulfonamides is 1. The van der Waals surface area contributed by atoms with Crippen LogP contribution in [-0.4, -0.2) is 36.2 Å². The third-order valence-electron chi connectivity index (χ3n) is 4.30. The average molecular weight is 477 g/mol. The lowest BCUT2D eigenvalue weighted by atomic mass is 10.0. The Morgan fingerprint density at radius 1 is 1.10 bits per heavy atom. The average Bonchev–Trinajstić information content (AvgIpc) is 2.72. The van der Waals surface area contributed by atoms with Crippen molar-refractivity contribution in [2.24, 2.45) is 0 Å². The quantitative estimate of drug-likeness (QED) is 0.283. The van der Waals surface area contributed by atoms with Gasteiger partial charge < -0.3 is 5.73 Å². The molecule has 3 N–H and O–H groups in total. The highest BCUT2D eigenvalue weighted by atomic mass is 35.5. The van der Waals surface area contributed by atoms with Crippen molar-refractivity contribution < 1.29 is 13.2 Å². The Morgan fingerprint density at radius 3 is 2.32 bits per heavy atom. The topological polar surface area (TPSA) is 115 Å². The van der Waals surface area contributed by atoms with Gasteiger partial charge in [-0.3, -0.25) is 9.52 Å². The number of nitrogens with two attached hydrogens (primary N) is 1. The SMILES string of the molecule is CCc1nc(SCC(=O)c2ccc(NS(C)(=O)=O)cc2)nc(N)c1-c1ccc(Cl)cc1. The molecule has 10 heteroatoms. The minimum Gasteiger partial charge on any atom is -0.383 e. The summed E-state index contributed by atoms with van der Waals surface area (Å²) in [6.45, 7) is 1.98. The molecule has 0 bridgehead atoms. The van der Waals surface area contributed by atoms with Crippen molar-refractivity contribution in [3.05, 3.63) is 64.8 Å². The second kappa shape index (κ2) is 9.67. The van der Waals surface area contributed by atoms with Gasteiger partial charge in [-0.1, -0.05) is 42.4 Å². The maximum absolute atomic E-state index is 12.5. The van der Waals surface area contributed by atoms with Crippen LogP contribution in [-0.2, 0) is 16.4 Å². The van der Waals surface area contributed by atoms with Gasteiger partial charge in [-0.2, -0.15) is 0 Å². The van der Waals surface area contributed by atoms with E-state index in [1.807, 2.05) is 19.1 Å². The summed E-state index contributed by atoms with van der Waals surface area (Å²) < 4.78 is 24.9. The molecule has 0 unspecified atom stereocenters. The molecule has 0 amide bonds. The van der Waals surface area contributed by atoms with E-state index in [9.17, 15) is 13.2 Å². The van der Waals surface area contributed by atoms with Gasteiger partial charge in [0.25, 0.3) is 0 Å². The Bertz CT molecular complexity index is 1200. The highest BCUT2D eigenvalue weighted by Gasteiger charge is 2.15. The van der Waals surface area contributed by atoms with Crippen LogP contribution in [0.3, 0.4) is 0 Å². The molecule has 0 atom stereocenters. The van der Waals surface area contributed by atoms with Crippen molar-refractivity contribution in [2.75, 3.05) is 22.5 Å². The number of aryl methyl sites for hydroxylation is 1. The van der Waals surface area contributed by atoms with Gasteiger partial charge in [0.05, 0.1) is 17.7 Å². The number of nitrogens with one attached hydrogen (secondary N) is 1. The summed E-state index contributed by atoms with van der Waals surface area (Å²) in [5.41, 5.74) is 9.52. The van der Waals surface area contributed by atoms with Crippen LogP contribution in [0.5, 0.6) is 0 Å². The first-order valence-electron chi connectivity index (χ1n) is 9.32. The first-order valence-corrected chi connectivity index (χ1v) is 12.6. The molecule has 0 spiro atoms. The molecule has 1 aromatic heterocycles. The van der Waals surface area contributed by atoms with Crippen LogP contribution in [0.25, 0.3) is 11.1 Å². The van der Waals surface area contributed by atoms with Crippen molar-refractivity contribution in [2.45, 2.75) is 18.5 Å². The van der Waals surface area contributed by atoms with E-state index >= 15 is 0 Å². The summed E-state index contributed by atoms with van der Waals surface area (Å²) in [6.07, 6.45) is 1.72. The van der Waals surface area contributed by atoms with Crippen LogP contribution in [0.1, 0.15) is 23.0 Å². The lowest BCUT2D eigenvalue weighted by Crippen LogP contribution is -2.10. The molecular weight excluding hydrogens is 456 g/mol. The minimum absolute atomic E-state index is 0.127. The van der Waals surface area contributed by atoms with E-state index in [-0.39, 0.29) is 11.5 Å². The molecule has 0 saturated carbocycles. The van der Waals surface area contributed by atoms with Crippen LogP contribution < -0.4 is 10.5 Å². The number of carbonyl (C=O) groups is 1. The number of ketones is 1. The highest BCUT2D eigenvalue weighted by Crippen LogP contribution is 2.31. The standard InChI is InChI=1S/C21H21ClN4O3S2/c1-3-17-19(14-4-8-15(22)9-5-14)20(23)25-21(24-17)30-12-18(27)13-6-10-16(11-7-13)26-31(2,28)29/h4-11,26H,3,12H2,1-2H3,(H2,23,24,25). The van der Waals surface area contributed by atoms with Gasteiger partial charge in [-0.05, 0) is 48.4 Å². The number of aromatic nitrogens is 2. The second-order valence-corrected chi connectivity index (χ2v) is 9.86. The largest absolute Gasteiger partial charge is 0.383 e. The highest BCUT2D eigenvalue weighted by molar-refractivity contribution is 7.99. The van der Waals surface area contributed by atoms with E-state index in [0.29, 0.717) is 33.7 Å². The maximum atomic E-state index is 12.5. The molecule has 3 rings (SSSR count).